The number of primary sulfonamides is 1. The molecule has 0 saturated heterocycles. The zero-order chi connectivity index (χ0) is 18.4. The number of Topliss-reactive ketones (excluding diaryl/α,β-unsaturated/α-hetero) is 1. The van der Waals surface area contributed by atoms with Gasteiger partial charge in [-0.05, 0) is 36.2 Å². The van der Waals surface area contributed by atoms with Gasteiger partial charge in [-0.2, -0.15) is 0 Å². The Hall–Kier alpha value is -2.25. The van der Waals surface area contributed by atoms with Gasteiger partial charge in [-0.1, -0.05) is 20.3 Å². The molecule has 0 saturated carbocycles. The number of benzene rings is 1. The first-order valence-corrected chi connectivity index (χ1v) is 9.81. The minimum absolute atomic E-state index is 0.0583. The molecule has 7 heteroatoms. The Labute approximate surface area is 148 Å². The zero-order valence-corrected chi connectivity index (χ0v) is 15.3. The van der Waals surface area contributed by atoms with Crippen molar-refractivity contribution in [2.45, 2.75) is 38.0 Å². The molecule has 6 nitrogen and oxygen atoms in total. The van der Waals surface area contributed by atoms with Gasteiger partial charge < -0.3 is 5.32 Å². The predicted molar refractivity (Wildman–Crippen MR) is 99.1 cm³/mol. The minimum Gasteiger partial charge on any atom is -0.384 e. The van der Waals surface area contributed by atoms with Gasteiger partial charge in [0.1, 0.15) is 0 Å². The van der Waals surface area contributed by atoms with Crippen LogP contribution in [0.15, 0.2) is 41.6 Å². The molecule has 0 aliphatic carbocycles. The molecule has 134 valence electrons. The van der Waals surface area contributed by atoms with Gasteiger partial charge in [0.05, 0.1) is 4.90 Å². The molecule has 0 bridgehead atoms. The molecule has 0 aliphatic heterocycles. The molecule has 0 fully saturated rings. The van der Waals surface area contributed by atoms with Crippen LogP contribution in [0.3, 0.4) is 0 Å². The van der Waals surface area contributed by atoms with Gasteiger partial charge in [0.15, 0.2) is 5.78 Å². The van der Waals surface area contributed by atoms with Crippen molar-refractivity contribution in [3.05, 3.63) is 42.2 Å². The van der Waals surface area contributed by atoms with Gasteiger partial charge >= 0.3 is 0 Å². The van der Waals surface area contributed by atoms with Gasteiger partial charge in [0, 0.05) is 42.2 Å². The lowest BCUT2D eigenvalue weighted by atomic mass is 9.99. The third kappa shape index (κ3) is 4.64. The van der Waals surface area contributed by atoms with Crippen LogP contribution in [0.2, 0.25) is 0 Å². The van der Waals surface area contributed by atoms with Crippen LogP contribution >= 0.6 is 0 Å². The molecule has 1 aromatic carbocycles. The highest BCUT2D eigenvalue weighted by molar-refractivity contribution is 7.89. The number of nitrogens with two attached hydrogens (primary N) is 1. The number of ketones is 1. The molecule has 2 rings (SSSR count). The van der Waals surface area contributed by atoms with Crippen LogP contribution < -0.4 is 10.5 Å². The predicted octanol–water partition coefficient (Wildman–Crippen LogP) is 3.20. The zero-order valence-electron chi connectivity index (χ0n) is 14.5. The van der Waals surface area contributed by atoms with E-state index in [0.717, 1.165) is 12.8 Å². The fourth-order valence-corrected chi connectivity index (χ4v) is 3.36. The van der Waals surface area contributed by atoms with Crippen LogP contribution in [0.1, 0.15) is 43.5 Å². The second-order valence-electron chi connectivity index (χ2n) is 5.73. The van der Waals surface area contributed by atoms with Crippen LogP contribution in [0.4, 0.5) is 5.69 Å². The van der Waals surface area contributed by atoms with Crippen LogP contribution in [0.25, 0.3) is 11.1 Å². The van der Waals surface area contributed by atoms with E-state index in [0.29, 0.717) is 28.9 Å². The van der Waals surface area contributed by atoms with Crippen LogP contribution in [0.5, 0.6) is 0 Å². The first-order chi connectivity index (χ1) is 11.9. The number of pyridine rings is 1. The fourth-order valence-electron chi connectivity index (χ4n) is 2.56. The van der Waals surface area contributed by atoms with E-state index >= 15 is 0 Å². The molecule has 1 aromatic heterocycles. The van der Waals surface area contributed by atoms with Crippen LogP contribution in [-0.2, 0) is 10.0 Å². The van der Waals surface area contributed by atoms with E-state index in [9.17, 15) is 13.2 Å². The number of aromatic nitrogens is 1. The van der Waals surface area contributed by atoms with Gasteiger partial charge in [0.25, 0.3) is 0 Å². The molecule has 0 spiro atoms. The van der Waals surface area contributed by atoms with Crippen molar-refractivity contribution in [1.29, 1.82) is 0 Å². The van der Waals surface area contributed by atoms with Crippen molar-refractivity contribution in [2.24, 2.45) is 5.14 Å². The number of hydrogen-bond acceptors (Lipinski definition) is 5. The average Bonchev–Trinajstić information content (AvgIpc) is 2.60. The van der Waals surface area contributed by atoms with E-state index in [-0.39, 0.29) is 17.1 Å². The number of rotatable bonds is 8. The normalized spacial score (nSPS) is 11.3. The molecule has 1 heterocycles. The Balaban J connectivity index is 2.73. The molecular formula is C18H23N3O3S. The molecule has 0 atom stereocenters. The van der Waals surface area contributed by atoms with E-state index < -0.39 is 10.0 Å². The van der Waals surface area contributed by atoms with Crippen molar-refractivity contribution >= 4 is 21.5 Å². The Kier molecular flexibility index (Phi) is 6.27. The van der Waals surface area contributed by atoms with Crippen LogP contribution in [-0.4, -0.2) is 25.7 Å². The van der Waals surface area contributed by atoms with Crippen molar-refractivity contribution in [2.75, 3.05) is 11.9 Å². The van der Waals surface area contributed by atoms with Crippen molar-refractivity contribution < 1.29 is 13.2 Å². The maximum atomic E-state index is 12.2. The van der Waals surface area contributed by atoms with Gasteiger partial charge in [0.2, 0.25) is 10.0 Å². The molecular weight excluding hydrogens is 338 g/mol. The highest BCUT2D eigenvalue weighted by atomic mass is 32.2. The highest BCUT2D eigenvalue weighted by Gasteiger charge is 2.22. The number of hydrogen-bond donors (Lipinski definition) is 2. The Morgan fingerprint density at radius 3 is 2.44 bits per heavy atom. The molecule has 0 aliphatic rings. The summed E-state index contributed by atoms with van der Waals surface area (Å²) in [5.74, 6) is -0.135. The monoisotopic (exact) mass is 361 g/mol. The molecule has 0 amide bonds. The number of unbranched alkanes of at least 4 members (excludes halogenated alkanes) is 1. The summed E-state index contributed by atoms with van der Waals surface area (Å²) in [5.41, 5.74) is 2.06. The van der Waals surface area contributed by atoms with Crippen molar-refractivity contribution in [3.8, 4) is 11.1 Å². The second kappa shape index (κ2) is 8.22. The minimum atomic E-state index is -4.01. The number of anilines is 1. The SMILES string of the molecule is CCCCNc1cc(C(=O)CC)cc(S(N)(=O)=O)c1-c1ccncc1. The Bertz CT molecular complexity index is 849. The summed E-state index contributed by atoms with van der Waals surface area (Å²) in [4.78, 5) is 16.1. The Morgan fingerprint density at radius 1 is 1.20 bits per heavy atom. The van der Waals surface area contributed by atoms with Crippen molar-refractivity contribution in [3.63, 3.8) is 0 Å². The summed E-state index contributed by atoms with van der Waals surface area (Å²) in [6.07, 6.45) is 5.37. The van der Waals surface area contributed by atoms with E-state index in [1.807, 2.05) is 0 Å². The van der Waals surface area contributed by atoms with Crippen molar-refractivity contribution in [1.82, 2.24) is 4.98 Å². The number of carbonyl (C=O) groups excluding carboxylic acids is 1. The average molecular weight is 361 g/mol. The first kappa shape index (κ1) is 19.1. The van der Waals surface area contributed by atoms with Gasteiger partial charge in [-0.15, -0.1) is 0 Å². The van der Waals surface area contributed by atoms with E-state index in [1.54, 1.807) is 37.5 Å². The number of nitrogens with one attached hydrogen (secondary N) is 1. The molecule has 0 unspecified atom stereocenters. The molecule has 25 heavy (non-hydrogen) atoms. The highest BCUT2D eigenvalue weighted by Crippen LogP contribution is 2.35. The largest absolute Gasteiger partial charge is 0.384 e. The number of sulfonamides is 1. The molecule has 3 N–H and O–H groups in total. The number of nitrogens with zero attached hydrogens (tertiary/aromatic N) is 1. The summed E-state index contributed by atoms with van der Waals surface area (Å²) >= 11 is 0. The summed E-state index contributed by atoms with van der Waals surface area (Å²) in [7, 11) is -4.01. The van der Waals surface area contributed by atoms with Crippen LogP contribution in [0, 0.1) is 0 Å². The molecule has 2 aromatic rings. The lowest BCUT2D eigenvalue weighted by molar-refractivity contribution is 0.0988. The fraction of sp³-hybridized carbons (Fsp3) is 0.333. The van der Waals surface area contributed by atoms with E-state index in [2.05, 4.69) is 17.2 Å². The smallest absolute Gasteiger partial charge is 0.238 e. The lowest BCUT2D eigenvalue weighted by Crippen LogP contribution is -2.16. The first-order valence-electron chi connectivity index (χ1n) is 8.26. The maximum absolute atomic E-state index is 12.2. The van der Waals surface area contributed by atoms with Gasteiger partial charge in [-0.25, -0.2) is 13.6 Å². The lowest BCUT2D eigenvalue weighted by Gasteiger charge is -2.17. The third-order valence-electron chi connectivity index (χ3n) is 3.87. The Morgan fingerprint density at radius 2 is 1.88 bits per heavy atom. The molecule has 0 radical (unpaired) electrons. The van der Waals surface area contributed by atoms with Gasteiger partial charge in [-0.3, -0.25) is 9.78 Å². The summed E-state index contributed by atoms with van der Waals surface area (Å²) in [5, 5.41) is 8.70. The summed E-state index contributed by atoms with van der Waals surface area (Å²) in [6.45, 7) is 4.47. The standard InChI is InChI=1S/C18H23N3O3S/c1-3-5-8-21-15-11-14(16(22)4-2)12-17(25(19,23)24)18(15)13-6-9-20-10-7-13/h6-7,9-12,21H,3-5,8H2,1-2H3,(H2,19,23,24). The summed E-state index contributed by atoms with van der Waals surface area (Å²) in [6, 6.07) is 6.50. The summed E-state index contributed by atoms with van der Waals surface area (Å²) < 4.78 is 24.4. The third-order valence-corrected chi connectivity index (χ3v) is 4.80. The second-order valence-corrected chi connectivity index (χ2v) is 7.26. The quantitative estimate of drug-likeness (QED) is 0.555. The maximum Gasteiger partial charge on any atom is 0.238 e. The number of carbonyl (C=O) groups is 1. The topological polar surface area (TPSA) is 102 Å². The van der Waals surface area contributed by atoms with E-state index in [4.69, 9.17) is 5.14 Å². The van der Waals surface area contributed by atoms with E-state index in [1.165, 1.54) is 6.07 Å².